The van der Waals surface area contributed by atoms with Gasteiger partial charge in [-0.25, -0.2) is 0 Å². The second kappa shape index (κ2) is 7.91. The Hall–Kier alpha value is -3.42. The second-order valence-electron chi connectivity index (χ2n) is 5.43. The van der Waals surface area contributed by atoms with Gasteiger partial charge < -0.3 is 16.4 Å². The van der Waals surface area contributed by atoms with Gasteiger partial charge in [0.15, 0.2) is 0 Å². The number of nitro benzene ring substituents is 1. The van der Waals surface area contributed by atoms with Crippen molar-refractivity contribution in [2.45, 2.75) is 19.5 Å². The Morgan fingerprint density at radius 3 is 2.52 bits per heavy atom. The highest BCUT2D eigenvalue weighted by atomic mass is 16.6. The van der Waals surface area contributed by atoms with Crippen molar-refractivity contribution in [2.24, 2.45) is 0 Å². The van der Waals surface area contributed by atoms with E-state index in [1.54, 1.807) is 0 Å². The second-order valence-corrected chi connectivity index (χ2v) is 5.43. The first-order chi connectivity index (χ1) is 11.9. The highest BCUT2D eigenvalue weighted by Gasteiger charge is 2.19. The molecule has 25 heavy (non-hydrogen) atoms. The molecule has 0 heterocycles. The average molecular weight is 342 g/mol. The van der Waals surface area contributed by atoms with Gasteiger partial charge in [0, 0.05) is 18.2 Å². The number of hydrogen-bond donors (Lipinski definition) is 3. The summed E-state index contributed by atoms with van der Waals surface area (Å²) in [6, 6.07) is 12.3. The van der Waals surface area contributed by atoms with Crippen LogP contribution in [0.3, 0.4) is 0 Å². The van der Waals surface area contributed by atoms with Crippen LogP contribution in [0.1, 0.15) is 22.8 Å². The number of nitro groups is 1. The van der Waals surface area contributed by atoms with Crippen LogP contribution in [-0.2, 0) is 11.3 Å². The number of nitrogens with zero attached hydrogens (tertiary/aromatic N) is 1. The van der Waals surface area contributed by atoms with Crippen LogP contribution >= 0.6 is 0 Å². The Morgan fingerprint density at radius 1 is 1.20 bits per heavy atom. The number of benzene rings is 2. The maximum Gasteiger partial charge on any atom is 0.292 e. The van der Waals surface area contributed by atoms with E-state index >= 15 is 0 Å². The van der Waals surface area contributed by atoms with Crippen molar-refractivity contribution < 1.29 is 14.5 Å². The molecule has 0 saturated carbocycles. The smallest absolute Gasteiger partial charge is 0.292 e. The SMILES string of the molecule is CC(NC(=O)c1ccc(N)c([N+](=O)[O-])c1)C(=O)NCc1ccccc1. The summed E-state index contributed by atoms with van der Waals surface area (Å²) in [6.45, 7) is 1.87. The van der Waals surface area contributed by atoms with Gasteiger partial charge in [0.2, 0.25) is 5.91 Å². The molecule has 0 saturated heterocycles. The van der Waals surface area contributed by atoms with E-state index in [0.717, 1.165) is 11.6 Å². The van der Waals surface area contributed by atoms with Crippen LogP contribution in [0.25, 0.3) is 0 Å². The standard InChI is InChI=1S/C17H18N4O4/c1-11(16(22)19-10-12-5-3-2-4-6-12)20-17(23)13-7-8-14(18)15(9-13)21(24)25/h2-9,11H,10,18H2,1H3,(H,19,22)(H,20,23). The van der Waals surface area contributed by atoms with Gasteiger partial charge in [-0.3, -0.25) is 19.7 Å². The van der Waals surface area contributed by atoms with E-state index in [0.29, 0.717) is 6.54 Å². The van der Waals surface area contributed by atoms with Crippen molar-refractivity contribution >= 4 is 23.2 Å². The first-order valence-corrected chi connectivity index (χ1v) is 7.55. The monoisotopic (exact) mass is 342 g/mol. The lowest BCUT2D eigenvalue weighted by atomic mass is 10.1. The molecule has 8 nitrogen and oxygen atoms in total. The summed E-state index contributed by atoms with van der Waals surface area (Å²) in [4.78, 5) is 34.4. The van der Waals surface area contributed by atoms with E-state index in [1.807, 2.05) is 30.3 Å². The number of nitrogens with two attached hydrogens (primary N) is 1. The van der Waals surface area contributed by atoms with E-state index in [4.69, 9.17) is 5.73 Å². The van der Waals surface area contributed by atoms with Crippen molar-refractivity contribution in [3.8, 4) is 0 Å². The number of carbonyl (C=O) groups excluding carboxylic acids is 2. The minimum Gasteiger partial charge on any atom is -0.393 e. The van der Waals surface area contributed by atoms with Gasteiger partial charge in [0.05, 0.1) is 4.92 Å². The summed E-state index contributed by atoms with van der Waals surface area (Å²) in [6.07, 6.45) is 0. The van der Waals surface area contributed by atoms with Gasteiger partial charge in [-0.15, -0.1) is 0 Å². The lowest BCUT2D eigenvalue weighted by Gasteiger charge is -2.14. The first-order valence-electron chi connectivity index (χ1n) is 7.55. The maximum absolute atomic E-state index is 12.2. The number of amides is 2. The molecule has 0 aliphatic heterocycles. The van der Waals surface area contributed by atoms with Gasteiger partial charge in [-0.05, 0) is 24.6 Å². The molecule has 2 rings (SSSR count). The summed E-state index contributed by atoms with van der Waals surface area (Å²) < 4.78 is 0. The van der Waals surface area contributed by atoms with Crippen molar-refractivity contribution in [2.75, 3.05) is 5.73 Å². The fourth-order valence-corrected chi connectivity index (χ4v) is 2.13. The van der Waals surface area contributed by atoms with Gasteiger partial charge in [-0.2, -0.15) is 0 Å². The van der Waals surface area contributed by atoms with Gasteiger partial charge >= 0.3 is 0 Å². The van der Waals surface area contributed by atoms with Gasteiger partial charge in [-0.1, -0.05) is 30.3 Å². The Balaban J connectivity index is 1.96. The van der Waals surface area contributed by atoms with E-state index in [2.05, 4.69) is 10.6 Å². The molecule has 0 aliphatic carbocycles. The lowest BCUT2D eigenvalue weighted by molar-refractivity contribution is -0.383. The molecule has 1 atom stereocenters. The molecule has 0 aromatic heterocycles. The third kappa shape index (κ3) is 4.77. The van der Waals surface area contributed by atoms with E-state index in [-0.39, 0.29) is 22.8 Å². The predicted molar refractivity (Wildman–Crippen MR) is 92.7 cm³/mol. The van der Waals surface area contributed by atoms with Crippen LogP contribution in [0.5, 0.6) is 0 Å². The predicted octanol–water partition coefficient (Wildman–Crippen LogP) is 1.61. The van der Waals surface area contributed by atoms with Crippen LogP contribution in [0.2, 0.25) is 0 Å². The molecular weight excluding hydrogens is 324 g/mol. The fourth-order valence-electron chi connectivity index (χ4n) is 2.13. The fraction of sp³-hybridized carbons (Fsp3) is 0.176. The highest BCUT2D eigenvalue weighted by Crippen LogP contribution is 2.22. The van der Waals surface area contributed by atoms with Crippen LogP contribution in [0.15, 0.2) is 48.5 Å². The molecule has 4 N–H and O–H groups in total. The lowest BCUT2D eigenvalue weighted by Crippen LogP contribution is -2.44. The zero-order chi connectivity index (χ0) is 18.4. The molecule has 2 aromatic rings. The number of nitrogen functional groups attached to an aromatic ring is 1. The maximum atomic E-state index is 12.2. The summed E-state index contributed by atoms with van der Waals surface area (Å²) in [5.41, 5.74) is 6.10. The first kappa shape index (κ1) is 17.9. The molecule has 2 amide bonds. The van der Waals surface area contributed by atoms with Gasteiger partial charge in [0.25, 0.3) is 11.6 Å². The summed E-state index contributed by atoms with van der Waals surface area (Å²) >= 11 is 0. The minimum atomic E-state index is -0.798. The van der Waals surface area contributed by atoms with Crippen LogP contribution in [0, 0.1) is 10.1 Å². The molecule has 1 unspecified atom stereocenters. The zero-order valence-electron chi connectivity index (χ0n) is 13.6. The number of carbonyl (C=O) groups is 2. The van der Waals surface area contributed by atoms with Crippen LogP contribution in [-0.4, -0.2) is 22.8 Å². The topological polar surface area (TPSA) is 127 Å². The summed E-state index contributed by atoms with van der Waals surface area (Å²) in [5.74, 6) is -0.951. The van der Waals surface area contributed by atoms with E-state index < -0.39 is 16.9 Å². The Bertz CT molecular complexity index is 792. The molecule has 2 aromatic carbocycles. The number of nitrogens with one attached hydrogen (secondary N) is 2. The molecule has 0 spiro atoms. The van der Waals surface area contributed by atoms with Crippen molar-refractivity contribution in [1.29, 1.82) is 0 Å². The van der Waals surface area contributed by atoms with Crippen molar-refractivity contribution in [3.05, 3.63) is 69.8 Å². The number of rotatable bonds is 6. The largest absolute Gasteiger partial charge is 0.393 e. The molecule has 0 fully saturated rings. The Labute approximate surface area is 144 Å². The molecule has 8 heteroatoms. The summed E-state index contributed by atoms with van der Waals surface area (Å²) in [7, 11) is 0. The molecule has 0 radical (unpaired) electrons. The Kier molecular flexibility index (Phi) is 5.67. The third-order valence-electron chi connectivity index (χ3n) is 3.54. The third-order valence-corrected chi connectivity index (χ3v) is 3.54. The van der Waals surface area contributed by atoms with Crippen LogP contribution in [0.4, 0.5) is 11.4 Å². The Morgan fingerprint density at radius 2 is 1.88 bits per heavy atom. The number of anilines is 1. The van der Waals surface area contributed by atoms with E-state index in [1.165, 1.54) is 19.1 Å². The molecule has 0 bridgehead atoms. The van der Waals surface area contributed by atoms with Crippen LogP contribution < -0.4 is 16.4 Å². The molecule has 130 valence electrons. The quantitative estimate of drug-likeness (QED) is 0.417. The highest BCUT2D eigenvalue weighted by molar-refractivity contribution is 5.98. The molecule has 0 aliphatic rings. The molecular formula is C17H18N4O4. The normalized spacial score (nSPS) is 11.4. The van der Waals surface area contributed by atoms with Crippen molar-refractivity contribution in [3.63, 3.8) is 0 Å². The van der Waals surface area contributed by atoms with Crippen molar-refractivity contribution in [1.82, 2.24) is 10.6 Å². The van der Waals surface area contributed by atoms with E-state index in [9.17, 15) is 19.7 Å². The minimum absolute atomic E-state index is 0.0322. The number of hydrogen-bond acceptors (Lipinski definition) is 5. The average Bonchev–Trinajstić information content (AvgIpc) is 2.60. The zero-order valence-corrected chi connectivity index (χ0v) is 13.6. The summed E-state index contributed by atoms with van der Waals surface area (Å²) in [5, 5.41) is 16.1. The van der Waals surface area contributed by atoms with Gasteiger partial charge in [0.1, 0.15) is 11.7 Å².